The number of sulfonamides is 1. The van der Waals surface area contributed by atoms with E-state index in [9.17, 15) is 21.6 Å². The minimum atomic E-state index is -4.72. The van der Waals surface area contributed by atoms with Crippen molar-refractivity contribution in [3.63, 3.8) is 0 Å². The molecule has 2 fully saturated rings. The molecule has 3 heterocycles. The Morgan fingerprint density at radius 3 is 2.52 bits per heavy atom. The lowest BCUT2D eigenvalue weighted by atomic mass is 9.66. The van der Waals surface area contributed by atoms with Gasteiger partial charge in [-0.25, -0.2) is 27.3 Å². The van der Waals surface area contributed by atoms with Crippen LogP contribution in [0.4, 0.5) is 17.6 Å². The molecule has 0 radical (unpaired) electrons. The van der Waals surface area contributed by atoms with E-state index in [1.807, 2.05) is 6.92 Å². The zero-order chi connectivity index (χ0) is 22.8. The first-order valence-electron chi connectivity index (χ1n) is 10.1. The summed E-state index contributed by atoms with van der Waals surface area (Å²) >= 11 is 0. The van der Waals surface area contributed by atoms with E-state index < -0.39 is 45.6 Å². The Morgan fingerprint density at radius 2 is 2.00 bits per heavy atom. The molecule has 31 heavy (non-hydrogen) atoms. The summed E-state index contributed by atoms with van der Waals surface area (Å²) in [6, 6.07) is -2.37. The normalized spacial score (nSPS) is 27.4. The minimum Gasteiger partial charge on any atom is -0.325 e. The second kappa shape index (κ2) is 7.34. The first-order chi connectivity index (χ1) is 14.4. The van der Waals surface area contributed by atoms with Gasteiger partial charge in [0, 0.05) is 18.0 Å². The molecule has 1 aliphatic carbocycles. The number of nitrogens with zero attached hydrogens (tertiary/aromatic N) is 5. The van der Waals surface area contributed by atoms with Crippen LogP contribution < -0.4 is 5.73 Å². The summed E-state index contributed by atoms with van der Waals surface area (Å²) in [6.07, 6.45) is -1.79. The van der Waals surface area contributed by atoms with Gasteiger partial charge < -0.3 is 5.73 Å². The molecule has 1 aliphatic heterocycles. The Kier molecular flexibility index (Phi) is 5.29. The summed E-state index contributed by atoms with van der Waals surface area (Å²) in [7, 11) is -3.83. The molecule has 0 spiro atoms. The van der Waals surface area contributed by atoms with Gasteiger partial charge in [-0.1, -0.05) is 13.3 Å². The highest BCUT2D eigenvalue weighted by atomic mass is 32.2. The summed E-state index contributed by atoms with van der Waals surface area (Å²) in [5, 5.41) is 4.22. The Bertz CT molecular complexity index is 1090. The molecule has 0 amide bonds. The number of rotatable bonds is 4. The molecule has 172 valence electrons. The van der Waals surface area contributed by atoms with Crippen molar-refractivity contribution in [1.29, 1.82) is 0 Å². The third kappa shape index (κ3) is 3.59. The van der Waals surface area contributed by atoms with Crippen molar-refractivity contribution < 1.29 is 26.0 Å². The van der Waals surface area contributed by atoms with Crippen molar-refractivity contribution >= 4 is 15.5 Å². The number of alkyl halides is 4. The highest BCUT2D eigenvalue weighted by Gasteiger charge is 2.47. The van der Waals surface area contributed by atoms with E-state index in [2.05, 4.69) is 15.1 Å². The maximum atomic E-state index is 15.1. The Labute approximate surface area is 176 Å². The van der Waals surface area contributed by atoms with Gasteiger partial charge in [-0.15, -0.1) is 5.10 Å². The van der Waals surface area contributed by atoms with Gasteiger partial charge >= 0.3 is 6.18 Å². The molecule has 3 atom stereocenters. The van der Waals surface area contributed by atoms with E-state index >= 15 is 4.39 Å². The quantitative estimate of drug-likeness (QED) is 0.697. The fraction of sp³-hybridized carbons (Fsp3) is 0.722. The topological polar surface area (TPSA) is 106 Å². The van der Waals surface area contributed by atoms with E-state index in [0.29, 0.717) is 19.3 Å². The van der Waals surface area contributed by atoms with Crippen LogP contribution in [0, 0.1) is 0 Å². The lowest BCUT2D eigenvalue weighted by molar-refractivity contribution is -0.139. The number of imidazole rings is 1. The first kappa shape index (κ1) is 22.3. The average Bonchev–Trinajstić information content (AvgIpc) is 3.02. The van der Waals surface area contributed by atoms with E-state index in [4.69, 9.17) is 5.73 Å². The van der Waals surface area contributed by atoms with Gasteiger partial charge in [-0.2, -0.15) is 17.5 Å². The van der Waals surface area contributed by atoms with Crippen LogP contribution in [0.15, 0.2) is 6.20 Å². The molecular weight excluding hydrogens is 440 g/mol. The van der Waals surface area contributed by atoms with Crippen LogP contribution in [-0.4, -0.2) is 57.3 Å². The molecule has 1 saturated heterocycles. The van der Waals surface area contributed by atoms with Crippen LogP contribution >= 0.6 is 0 Å². The standard InChI is InChI=1S/C18H24F4N6O2S/c1-3-17(6-4-7-17)16-25-14(18(20,21)22)11-9-24-15(26-28(11)16)13-12(19)10(23)5-8-27(13)31(2,29)30/h9-10,12-13H,3-8,23H2,1-2H3. The summed E-state index contributed by atoms with van der Waals surface area (Å²) < 4.78 is 82.5. The minimum absolute atomic E-state index is 0.0318. The highest BCUT2D eigenvalue weighted by molar-refractivity contribution is 7.88. The summed E-state index contributed by atoms with van der Waals surface area (Å²) in [6.45, 7) is 1.84. The number of piperidine rings is 1. The molecule has 0 aromatic carbocycles. The van der Waals surface area contributed by atoms with Gasteiger partial charge in [0.2, 0.25) is 10.0 Å². The summed E-state index contributed by atoms with van der Waals surface area (Å²) in [5.41, 5.74) is 3.81. The van der Waals surface area contributed by atoms with Crippen LogP contribution in [0.2, 0.25) is 0 Å². The molecular formula is C18H24F4N6O2S. The van der Waals surface area contributed by atoms with Crippen LogP contribution in [0.5, 0.6) is 0 Å². The highest BCUT2D eigenvalue weighted by Crippen LogP contribution is 2.47. The number of fused-ring (bicyclic) bond motifs is 1. The Morgan fingerprint density at radius 1 is 1.32 bits per heavy atom. The molecule has 13 heteroatoms. The maximum absolute atomic E-state index is 15.1. The van der Waals surface area contributed by atoms with Crippen molar-refractivity contribution in [2.24, 2.45) is 5.73 Å². The second-order valence-electron chi connectivity index (χ2n) is 8.40. The van der Waals surface area contributed by atoms with Crippen molar-refractivity contribution in [2.75, 3.05) is 12.8 Å². The van der Waals surface area contributed by atoms with Crippen LogP contribution in [0.25, 0.3) is 5.52 Å². The number of hydrogen-bond donors (Lipinski definition) is 1. The molecule has 2 aromatic heterocycles. The number of aromatic nitrogens is 4. The average molecular weight is 464 g/mol. The predicted octanol–water partition coefficient (Wildman–Crippen LogP) is 2.35. The van der Waals surface area contributed by atoms with Gasteiger partial charge in [0.15, 0.2) is 11.5 Å². The molecule has 2 N–H and O–H groups in total. The second-order valence-corrected chi connectivity index (χ2v) is 10.3. The monoisotopic (exact) mass is 464 g/mol. The van der Waals surface area contributed by atoms with Gasteiger partial charge in [-0.05, 0) is 25.7 Å². The molecule has 4 rings (SSSR count). The fourth-order valence-electron chi connectivity index (χ4n) is 4.53. The number of nitrogens with two attached hydrogens (primary N) is 1. The van der Waals surface area contributed by atoms with Crippen LogP contribution in [0.3, 0.4) is 0 Å². The molecule has 2 aliphatic rings. The summed E-state index contributed by atoms with van der Waals surface area (Å²) in [5.74, 6) is -0.0906. The van der Waals surface area contributed by atoms with Crippen molar-refractivity contribution in [2.45, 2.75) is 68.9 Å². The van der Waals surface area contributed by atoms with Crippen LogP contribution in [0.1, 0.15) is 62.4 Å². The van der Waals surface area contributed by atoms with Crippen molar-refractivity contribution in [1.82, 2.24) is 23.9 Å². The van der Waals surface area contributed by atoms with E-state index in [-0.39, 0.29) is 30.1 Å². The fourth-order valence-corrected chi connectivity index (χ4v) is 5.59. The van der Waals surface area contributed by atoms with Crippen molar-refractivity contribution in [3.05, 3.63) is 23.5 Å². The maximum Gasteiger partial charge on any atom is 0.435 e. The molecule has 2 aromatic rings. The van der Waals surface area contributed by atoms with E-state index in [0.717, 1.165) is 27.7 Å². The molecule has 0 bridgehead atoms. The zero-order valence-corrected chi connectivity index (χ0v) is 17.9. The first-order valence-corrected chi connectivity index (χ1v) is 11.9. The molecule has 1 saturated carbocycles. The SMILES string of the molecule is CCC1(c2nc(C(F)(F)F)c3cnc(C4C(F)C(N)CCN4S(C)(=O)=O)nn23)CCC1. The lowest BCUT2D eigenvalue weighted by Crippen LogP contribution is -2.52. The number of hydrogen-bond acceptors (Lipinski definition) is 6. The largest absolute Gasteiger partial charge is 0.435 e. The van der Waals surface area contributed by atoms with E-state index in [1.165, 1.54) is 0 Å². The van der Waals surface area contributed by atoms with Gasteiger partial charge in [0.05, 0.1) is 12.5 Å². The van der Waals surface area contributed by atoms with E-state index in [1.54, 1.807) is 0 Å². The molecule has 3 unspecified atom stereocenters. The van der Waals surface area contributed by atoms with Gasteiger partial charge in [0.1, 0.15) is 23.6 Å². The smallest absolute Gasteiger partial charge is 0.325 e. The number of halogens is 4. The van der Waals surface area contributed by atoms with Crippen molar-refractivity contribution in [3.8, 4) is 0 Å². The zero-order valence-electron chi connectivity index (χ0n) is 17.1. The Hall–Kier alpha value is -1.86. The Balaban J connectivity index is 1.92. The van der Waals surface area contributed by atoms with Crippen LogP contribution in [-0.2, 0) is 21.6 Å². The summed E-state index contributed by atoms with van der Waals surface area (Å²) in [4.78, 5) is 7.84. The molecule has 8 nitrogen and oxygen atoms in total. The third-order valence-corrected chi connectivity index (χ3v) is 7.80. The lowest BCUT2D eigenvalue weighted by Gasteiger charge is -2.40. The van der Waals surface area contributed by atoms with Gasteiger partial charge in [-0.3, -0.25) is 0 Å². The van der Waals surface area contributed by atoms with Gasteiger partial charge in [0.25, 0.3) is 0 Å². The predicted molar refractivity (Wildman–Crippen MR) is 103 cm³/mol. The third-order valence-electron chi connectivity index (χ3n) is 6.54.